The van der Waals surface area contributed by atoms with E-state index in [0.717, 1.165) is 17.3 Å². The Kier molecular flexibility index (Phi) is 3.94. The highest BCUT2D eigenvalue weighted by atomic mass is 32.1. The summed E-state index contributed by atoms with van der Waals surface area (Å²) in [6.45, 7) is 2.32. The van der Waals surface area contributed by atoms with Crippen LogP contribution in [0.4, 0.5) is 5.82 Å². The molecule has 92 valence electrons. The zero-order valence-electron chi connectivity index (χ0n) is 10.1. The summed E-state index contributed by atoms with van der Waals surface area (Å²) >= 11 is 4.96. The van der Waals surface area contributed by atoms with Crippen LogP contribution in [0.3, 0.4) is 0 Å². The van der Waals surface area contributed by atoms with Gasteiger partial charge < -0.3 is 11.1 Å². The van der Waals surface area contributed by atoms with E-state index >= 15 is 0 Å². The van der Waals surface area contributed by atoms with Crippen LogP contribution in [0, 0.1) is 5.92 Å². The van der Waals surface area contributed by atoms with E-state index in [9.17, 15) is 0 Å². The van der Waals surface area contributed by atoms with Crippen LogP contribution in [-0.4, -0.2) is 16.0 Å². The maximum Gasteiger partial charge on any atom is 0.126 e. The zero-order valence-corrected chi connectivity index (χ0v) is 11.0. The predicted molar refractivity (Wildman–Crippen MR) is 75.2 cm³/mol. The molecule has 1 aromatic heterocycles. The number of hydrogen-bond donors (Lipinski definition) is 2. The van der Waals surface area contributed by atoms with Crippen molar-refractivity contribution in [2.24, 2.45) is 11.7 Å². The molecule has 2 rings (SSSR count). The molecule has 0 spiro atoms. The van der Waals surface area contributed by atoms with E-state index in [0.29, 0.717) is 11.0 Å². The largest absolute Gasteiger partial charge is 0.389 e. The van der Waals surface area contributed by atoms with Crippen molar-refractivity contribution in [3.63, 3.8) is 0 Å². The highest BCUT2D eigenvalue weighted by Gasteiger charge is 2.18. The molecule has 0 radical (unpaired) electrons. The Morgan fingerprint density at radius 2 is 2.12 bits per heavy atom. The lowest BCUT2D eigenvalue weighted by Crippen LogP contribution is -2.25. The lowest BCUT2D eigenvalue weighted by atomic mass is 9.87. The van der Waals surface area contributed by atoms with Crippen molar-refractivity contribution >= 4 is 23.0 Å². The zero-order chi connectivity index (χ0) is 12.3. The fraction of sp³-hybridized carbons (Fsp3) is 0.538. The lowest BCUT2D eigenvalue weighted by molar-refractivity contribution is 0.361. The quantitative estimate of drug-likeness (QED) is 0.809. The van der Waals surface area contributed by atoms with Crippen LogP contribution in [-0.2, 0) is 0 Å². The first-order valence-electron chi connectivity index (χ1n) is 6.17. The third kappa shape index (κ3) is 3.40. The number of nitrogens with zero attached hydrogens (tertiary/aromatic N) is 1. The summed E-state index contributed by atoms with van der Waals surface area (Å²) in [6.07, 6.45) is 6.79. The van der Waals surface area contributed by atoms with Crippen LogP contribution in [0.2, 0.25) is 0 Å². The van der Waals surface area contributed by atoms with Gasteiger partial charge in [-0.3, -0.25) is 0 Å². The van der Waals surface area contributed by atoms with Crippen molar-refractivity contribution in [3.05, 3.63) is 23.9 Å². The molecular weight excluding hydrogens is 230 g/mol. The van der Waals surface area contributed by atoms with Gasteiger partial charge in [-0.05, 0) is 43.7 Å². The van der Waals surface area contributed by atoms with Crippen LogP contribution in [0.1, 0.15) is 38.2 Å². The van der Waals surface area contributed by atoms with E-state index in [1.54, 1.807) is 6.20 Å². The van der Waals surface area contributed by atoms with Crippen LogP contribution in [0.15, 0.2) is 18.3 Å². The van der Waals surface area contributed by atoms with Gasteiger partial charge in [0.2, 0.25) is 0 Å². The maximum atomic E-state index is 5.61. The molecule has 0 aliphatic heterocycles. The first-order valence-corrected chi connectivity index (χ1v) is 6.58. The van der Waals surface area contributed by atoms with Crippen molar-refractivity contribution < 1.29 is 0 Å². The average molecular weight is 249 g/mol. The van der Waals surface area contributed by atoms with Crippen molar-refractivity contribution in [2.45, 2.75) is 38.6 Å². The molecule has 1 saturated carbocycles. The standard InChI is InChI=1S/C13H19N3S/c1-9-2-4-11(5-3-9)16-12-8-10(13(14)17)6-7-15-12/h6-9,11H,2-5H2,1H3,(H2,14,17)(H,15,16). The third-order valence-electron chi connectivity index (χ3n) is 3.41. The van der Waals surface area contributed by atoms with Crippen molar-refractivity contribution in [1.29, 1.82) is 0 Å². The van der Waals surface area contributed by atoms with E-state index in [4.69, 9.17) is 18.0 Å². The average Bonchev–Trinajstić information content (AvgIpc) is 2.32. The SMILES string of the molecule is CC1CCC(Nc2cc(C(N)=S)ccn2)CC1. The van der Waals surface area contributed by atoms with E-state index in [1.165, 1.54) is 25.7 Å². The molecule has 0 amide bonds. The number of hydrogen-bond acceptors (Lipinski definition) is 3. The number of rotatable bonds is 3. The lowest BCUT2D eigenvalue weighted by Gasteiger charge is -2.27. The first kappa shape index (κ1) is 12.3. The number of nitrogens with one attached hydrogen (secondary N) is 1. The number of anilines is 1. The Morgan fingerprint density at radius 1 is 1.41 bits per heavy atom. The molecule has 1 aliphatic carbocycles. The van der Waals surface area contributed by atoms with Gasteiger partial charge in [0, 0.05) is 17.8 Å². The monoisotopic (exact) mass is 249 g/mol. The van der Waals surface area contributed by atoms with E-state index < -0.39 is 0 Å². The van der Waals surface area contributed by atoms with Gasteiger partial charge in [0.1, 0.15) is 10.8 Å². The minimum atomic E-state index is 0.424. The Hall–Kier alpha value is -1.16. The minimum Gasteiger partial charge on any atom is -0.389 e. The maximum absolute atomic E-state index is 5.61. The summed E-state index contributed by atoms with van der Waals surface area (Å²) in [5, 5.41) is 3.47. The number of nitrogens with two attached hydrogens (primary N) is 1. The Morgan fingerprint density at radius 3 is 2.76 bits per heavy atom. The molecule has 1 heterocycles. The van der Waals surface area contributed by atoms with Crippen molar-refractivity contribution in [1.82, 2.24) is 4.98 Å². The molecule has 1 fully saturated rings. The van der Waals surface area contributed by atoms with Gasteiger partial charge in [-0.15, -0.1) is 0 Å². The van der Waals surface area contributed by atoms with Gasteiger partial charge in [0.05, 0.1) is 0 Å². The molecule has 0 unspecified atom stereocenters. The van der Waals surface area contributed by atoms with Crippen molar-refractivity contribution in [3.8, 4) is 0 Å². The predicted octanol–water partition coefficient (Wildman–Crippen LogP) is 2.71. The summed E-state index contributed by atoms with van der Waals surface area (Å²) in [5.41, 5.74) is 6.49. The fourth-order valence-corrected chi connectivity index (χ4v) is 2.40. The molecule has 3 N–H and O–H groups in total. The molecular formula is C13H19N3S. The molecule has 1 aliphatic rings. The second kappa shape index (κ2) is 5.45. The van der Waals surface area contributed by atoms with E-state index in [2.05, 4.69) is 17.2 Å². The van der Waals surface area contributed by atoms with Gasteiger partial charge in [-0.25, -0.2) is 4.98 Å². The molecule has 3 nitrogen and oxygen atoms in total. The molecule has 0 atom stereocenters. The van der Waals surface area contributed by atoms with Gasteiger partial charge in [-0.2, -0.15) is 0 Å². The highest BCUT2D eigenvalue weighted by molar-refractivity contribution is 7.80. The summed E-state index contributed by atoms with van der Waals surface area (Å²) in [4.78, 5) is 4.73. The van der Waals surface area contributed by atoms with Crippen LogP contribution in [0.25, 0.3) is 0 Å². The smallest absolute Gasteiger partial charge is 0.126 e. The van der Waals surface area contributed by atoms with Crippen molar-refractivity contribution in [2.75, 3.05) is 5.32 Å². The molecule has 4 heteroatoms. The number of aromatic nitrogens is 1. The summed E-state index contributed by atoms with van der Waals surface area (Å²) in [6, 6.07) is 4.32. The normalized spacial score (nSPS) is 24.3. The second-order valence-corrected chi connectivity index (χ2v) is 5.33. The van der Waals surface area contributed by atoms with Gasteiger partial charge in [-0.1, -0.05) is 19.1 Å². The third-order valence-corrected chi connectivity index (χ3v) is 3.65. The molecule has 17 heavy (non-hydrogen) atoms. The molecule has 0 aromatic carbocycles. The summed E-state index contributed by atoms with van der Waals surface area (Å²) in [7, 11) is 0. The molecule has 1 aromatic rings. The first-order chi connectivity index (χ1) is 8.15. The van der Waals surface area contributed by atoms with Gasteiger partial charge in [0.25, 0.3) is 0 Å². The minimum absolute atomic E-state index is 0.424. The Balaban J connectivity index is 1.98. The van der Waals surface area contributed by atoms with Crippen LogP contribution in [0.5, 0.6) is 0 Å². The highest BCUT2D eigenvalue weighted by Crippen LogP contribution is 2.25. The van der Waals surface area contributed by atoms with E-state index in [1.807, 2.05) is 12.1 Å². The summed E-state index contributed by atoms with van der Waals surface area (Å²) in [5.74, 6) is 1.75. The van der Waals surface area contributed by atoms with Crippen LogP contribution < -0.4 is 11.1 Å². The van der Waals surface area contributed by atoms with Crippen LogP contribution >= 0.6 is 12.2 Å². The number of thiocarbonyl (C=S) groups is 1. The second-order valence-electron chi connectivity index (χ2n) is 4.90. The van der Waals surface area contributed by atoms with E-state index in [-0.39, 0.29) is 0 Å². The Bertz CT molecular complexity index is 397. The number of pyridine rings is 1. The fourth-order valence-electron chi connectivity index (χ4n) is 2.28. The van der Waals surface area contributed by atoms with Gasteiger partial charge >= 0.3 is 0 Å². The Labute approximate surface area is 108 Å². The molecule has 0 saturated heterocycles. The molecule has 0 bridgehead atoms. The van der Waals surface area contributed by atoms with Gasteiger partial charge in [0.15, 0.2) is 0 Å². The summed E-state index contributed by atoms with van der Waals surface area (Å²) < 4.78 is 0. The topological polar surface area (TPSA) is 50.9 Å².